The maximum Gasteiger partial charge on any atom is 2.00 e. The van der Waals surface area contributed by atoms with Crippen molar-refractivity contribution in [2.24, 2.45) is 0 Å². The average Bonchev–Trinajstić information content (AvgIpc) is 2.93. The molecule has 314 valence electrons. The first-order valence-electron chi connectivity index (χ1n) is 16.4. The molecule has 0 radical (unpaired) electrons. The first-order chi connectivity index (χ1) is 23.5. The van der Waals surface area contributed by atoms with Gasteiger partial charge in [0.25, 0.3) is 0 Å². The summed E-state index contributed by atoms with van der Waals surface area (Å²) in [6.45, 7) is 32.2. The van der Waals surface area contributed by atoms with E-state index in [1.807, 2.05) is 20.3 Å². The molecule has 0 amide bonds. The number of halogens is 6. The Morgan fingerprint density at radius 1 is 0.704 bits per heavy atom. The van der Waals surface area contributed by atoms with Crippen molar-refractivity contribution in [3.63, 3.8) is 0 Å². The molecular formula is C36H53F6O8PPdS2. The summed E-state index contributed by atoms with van der Waals surface area (Å²) in [5, 5.41) is 1.44. The predicted octanol–water partition coefficient (Wildman–Crippen LogP) is 10.3. The second-order valence-corrected chi connectivity index (χ2v) is 21.5. The largest absolute Gasteiger partial charge is 2.00 e. The fourth-order valence-electron chi connectivity index (χ4n) is 5.75. The number of alkyl halides is 6. The average molecular weight is 929 g/mol. The zero-order chi connectivity index (χ0) is 42.5. The van der Waals surface area contributed by atoms with Crippen LogP contribution in [0.1, 0.15) is 123 Å². The van der Waals surface area contributed by atoms with E-state index in [1.54, 1.807) is 0 Å². The van der Waals surface area contributed by atoms with Crippen molar-refractivity contribution in [1.29, 1.82) is 0 Å². The Bertz CT molecular complexity index is 1690. The summed E-state index contributed by atoms with van der Waals surface area (Å²) in [6, 6.07) is 7.09. The molecule has 54 heavy (non-hydrogen) atoms. The van der Waals surface area contributed by atoms with Crippen LogP contribution >= 0.6 is 7.92 Å². The van der Waals surface area contributed by atoms with Gasteiger partial charge >= 0.3 is 31.4 Å². The van der Waals surface area contributed by atoms with Gasteiger partial charge in [-0.2, -0.15) is 26.3 Å². The van der Waals surface area contributed by atoms with E-state index in [4.69, 9.17) is 35.4 Å². The number of rotatable bonds is 9. The first kappa shape index (κ1) is 54.4. The van der Waals surface area contributed by atoms with Crippen molar-refractivity contribution in [3.05, 3.63) is 53.1 Å². The zero-order valence-corrected chi connectivity index (χ0v) is 37.2. The van der Waals surface area contributed by atoms with Crippen LogP contribution in [0.25, 0.3) is 11.1 Å². The fraction of sp³-hybridized carbons (Fsp3) is 0.611. The van der Waals surface area contributed by atoms with E-state index in [1.165, 1.54) is 33.1 Å². The third-order valence-electron chi connectivity index (χ3n) is 7.60. The van der Waals surface area contributed by atoms with E-state index >= 15 is 0 Å². The molecule has 0 bridgehead atoms. The van der Waals surface area contributed by atoms with Gasteiger partial charge in [-0.1, -0.05) is 109 Å². The normalized spacial score (nSPS) is 12.9. The summed E-state index contributed by atoms with van der Waals surface area (Å²) in [4.78, 5) is 0. The maximum absolute atomic E-state index is 10.7. The Balaban J connectivity index is 0. The Kier molecular flexibility index (Phi) is 20.2. The van der Waals surface area contributed by atoms with Crippen LogP contribution in [0.15, 0.2) is 30.9 Å². The minimum Gasteiger partial charge on any atom is -0.741 e. The van der Waals surface area contributed by atoms with Crippen LogP contribution in [-0.4, -0.2) is 61.5 Å². The van der Waals surface area contributed by atoms with E-state index in [9.17, 15) is 26.3 Å². The zero-order valence-electron chi connectivity index (χ0n) is 33.1. The van der Waals surface area contributed by atoms with Gasteiger partial charge in [0, 0.05) is 16.4 Å². The minimum atomic E-state index is -6.09. The van der Waals surface area contributed by atoms with E-state index in [-0.39, 0.29) is 30.7 Å². The molecule has 0 saturated carbocycles. The van der Waals surface area contributed by atoms with Crippen molar-refractivity contribution in [3.8, 4) is 22.6 Å². The van der Waals surface area contributed by atoms with Crippen molar-refractivity contribution in [1.82, 2.24) is 0 Å². The van der Waals surface area contributed by atoms with Gasteiger partial charge in [0.15, 0.2) is 20.2 Å². The Labute approximate surface area is 332 Å². The van der Waals surface area contributed by atoms with E-state index < -0.39 is 39.2 Å². The van der Waals surface area contributed by atoms with E-state index in [0.29, 0.717) is 17.8 Å². The summed E-state index contributed by atoms with van der Waals surface area (Å²) in [6.07, 6.45) is 2.71. The van der Waals surface area contributed by atoms with Crippen LogP contribution in [0.2, 0.25) is 0 Å². The Morgan fingerprint density at radius 3 is 1.28 bits per heavy atom. The molecular weight excluding hydrogens is 876 g/mol. The molecule has 0 aliphatic heterocycles. The van der Waals surface area contributed by atoms with Crippen LogP contribution in [0, 0.1) is 0 Å². The molecule has 0 heterocycles. The molecule has 0 fully saturated rings. The third kappa shape index (κ3) is 14.7. The number of hydrogen-bond donors (Lipinski definition) is 0. The molecule has 0 aliphatic carbocycles. The number of allylic oxidation sites excluding steroid dienone is 1. The van der Waals surface area contributed by atoms with Crippen LogP contribution in [-0.2, 0) is 47.1 Å². The quantitative estimate of drug-likeness (QED) is 0.0606. The molecule has 2 aromatic carbocycles. The second kappa shape index (κ2) is 20.1. The van der Waals surface area contributed by atoms with Gasteiger partial charge in [-0.05, 0) is 62.8 Å². The molecule has 0 spiro atoms. The molecule has 0 aromatic heterocycles. The Hall–Kier alpha value is -1.73. The van der Waals surface area contributed by atoms with Crippen molar-refractivity contribution < 1.29 is 82.2 Å². The summed E-state index contributed by atoms with van der Waals surface area (Å²) < 4.78 is 130. The molecule has 0 aliphatic rings. The van der Waals surface area contributed by atoms with Crippen LogP contribution in [0.3, 0.4) is 0 Å². The molecule has 8 nitrogen and oxygen atoms in total. The van der Waals surface area contributed by atoms with Gasteiger partial charge in [-0.25, -0.2) is 16.8 Å². The van der Waals surface area contributed by atoms with Crippen molar-refractivity contribution >= 4 is 33.5 Å². The SMILES string of the molecule is C=CCc1cc(OC)c(-c2c(C(C)C)cc(C(C)C)cc2C(C)C)c(P(C(C)(C)C)C(C)(C)C)c1OC.O=S(=O)([O-])C(F)(F)F.O=S(=O)([O-])C(F)(F)F.[Pd+2]. The first-order valence-corrected chi connectivity index (χ1v) is 20.6. The number of methoxy groups -OCH3 is 2. The summed E-state index contributed by atoms with van der Waals surface area (Å²) in [5.74, 6) is 3.16. The van der Waals surface area contributed by atoms with Crippen LogP contribution < -0.4 is 14.8 Å². The van der Waals surface area contributed by atoms with Crippen molar-refractivity contribution in [2.75, 3.05) is 14.2 Å². The van der Waals surface area contributed by atoms with Gasteiger partial charge in [-0.3, -0.25) is 0 Å². The number of ether oxygens (including phenoxy) is 2. The molecule has 0 N–H and O–H groups in total. The van der Waals surface area contributed by atoms with Crippen molar-refractivity contribution in [2.45, 2.75) is 129 Å². The molecule has 0 atom stereocenters. The minimum absolute atomic E-state index is 0. The molecule has 2 aromatic rings. The van der Waals surface area contributed by atoms with E-state index in [0.717, 1.165) is 23.5 Å². The molecule has 0 unspecified atom stereocenters. The Morgan fingerprint density at radius 2 is 1.06 bits per heavy atom. The third-order valence-corrected chi connectivity index (χ3v) is 12.3. The van der Waals surface area contributed by atoms with Gasteiger partial charge < -0.3 is 18.6 Å². The van der Waals surface area contributed by atoms with Crippen LogP contribution in [0.5, 0.6) is 11.5 Å². The van der Waals surface area contributed by atoms with Crippen LogP contribution in [0.4, 0.5) is 26.3 Å². The fourth-order valence-corrected chi connectivity index (χ4v) is 9.99. The standard InChI is InChI=1S/C34H53O2P.2CHF3O3S.Pd/c1-16-17-24-20-28(35-14)30(32(31(24)36-15)37(33(8,9)10)34(11,12)13)29-26(22(4)5)18-25(21(2)3)19-27(29)23(6)7;2*2-1(3,4)8(5,6)7;/h16,18-23H,1,17H2,2-15H3;2*(H,5,6,7);/q;;;+2/p-2. The number of hydrogen-bond acceptors (Lipinski definition) is 8. The van der Waals surface area contributed by atoms with Gasteiger partial charge in [0.2, 0.25) is 0 Å². The molecule has 0 saturated heterocycles. The predicted molar refractivity (Wildman–Crippen MR) is 199 cm³/mol. The molecule has 2 rings (SSSR count). The number of benzene rings is 2. The topological polar surface area (TPSA) is 133 Å². The smallest absolute Gasteiger partial charge is 0.741 e. The van der Waals surface area contributed by atoms with Gasteiger partial charge in [0.1, 0.15) is 11.5 Å². The summed E-state index contributed by atoms with van der Waals surface area (Å²) >= 11 is 0. The maximum atomic E-state index is 10.7. The van der Waals surface area contributed by atoms with E-state index in [2.05, 4.69) is 108 Å². The van der Waals surface area contributed by atoms with Gasteiger partial charge in [-0.15, -0.1) is 6.58 Å². The second-order valence-electron chi connectivity index (χ2n) is 15.0. The molecule has 18 heteroatoms. The monoisotopic (exact) mass is 928 g/mol. The van der Waals surface area contributed by atoms with Gasteiger partial charge in [0.05, 0.1) is 14.2 Å². The summed E-state index contributed by atoms with van der Waals surface area (Å²) in [7, 11) is -9.22. The summed E-state index contributed by atoms with van der Waals surface area (Å²) in [5.41, 5.74) is -3.39.